The number of nitriles is 1. The molecular formula is C26H29N5OS2. The fourth-order valence-electron chi connectivity index (χ4n) is 4.31. The van der Waals surface area contributed by atoms with Crippen molar-refractivity contribution >= 4 is 34.0 Å². The molecule has 0 bridgehead atoms. The molecule has 1 amide bonds. The van der Waals surface area contributed by atoms with Gasteiger partial charge in [0.2, 0.25) is 5.91 Å². The molecule has 0 aliphatic heterocycles. The molecule has 176 valence electrons. The van der Waals surface area contributed by atoms with Crippen molar-refractivity contribution in [3.63, 3.8) is 0 Å². The number of rotatable bonds is 7. The van der Waals surface area contributed by atoms with E-state index in [-0.39, 0.29) is 17.1 Å². The number of nitrogens with one attached hydrogen (secondary N) is 1. The number of hydrogen-bond donors (Lipinski definition) is 1. The molecule has 0 fully saturated rings. The van der Waals surface area contributed by atoms with Gasteiger partial charge < -0.3 is 5.32 Å². The second-order valence-electron chi connectivity index (χ2n) is 9.53. The number of carbonyl (C=O) groups is 1. The summed E-state index contributed by atoms with van der Waals surface area (Å²) < 4.78 is 1.96. The average molecular weight is 492 g/mol. The molecule has 0 radical (unpaired) electrons. The second kappa shape index (κ2) is 10.2. The molecule has 2 aromatic heterocycles. The van der Waals surface area contributed by atoms with Crippen molar-refractivity contribution in [1.29, 1.82) is 5.26 Å². The first kappa shape index (κ1) is 24.2. The van der Waals surface area contributed by atoms with Crippen molar-refractivity contribution < 1.29 is 4.79 Å². The quantitative estimate of drug-likeness (QED) is 0.326. The van der Waals surface area contributed by atoms with Crippen molar-refractivity contribution in [3.05, 3.63) is 59.0 Å². The standard InChI is InChI=1S/C26H29N5OS2/c1-5-13-31-23(17-9-7-6-8-10-17)29-30-25(31)33-16-22(32)28-24-20(15-27)19-12-11-18(26(2,3)4)14-21(19)34-24/h5-10,18H,1,11-14,16H2,2-4H3,(H,28,32)/t18-/m0/s1. The number of fused-ring (bicyclic) bond motifs is 1. The highest BCUT2D eigenvalue weighted by Crippen LogP contribution is 2.44. The van der Waals surface area contributed by atoms with E-state index in [4.69, 9.17) is 0 Å². The smallest absolute Gasteiger partial charge is 0.235 e. The first-order valence-electron chi connectivity index (χ1n) is 11.4. The summed E-state index contributed by atoms with van der Waals surface area (Å²) in [5.41, 5.74) is 2.94. The van der Waals surface area contributed by atoms with Crippen molar-refractivity contribution in [1.82, 2.24) is 14.8 Å². The Labute approximate surface area is 209 Å². The summed E-state index contributed by atoms with van der Waals surface area (Å²) >= 11 is 2.89. The van der Waals surface area contributed by atoms with E-state index in [1.165, 1.54) is 16.6 Å². The minimum absolute atomic E-state index is 0.151. The van der Waals surface area contributed by atoms with Gasteiger partial charge in [0.25, 0.3) is 0 Å². The van der Waals surface area contributed by atoms with Crippen LogP contribution in [0.15, 0.2) is 48.1 Å². The van der Waals surface area contributed by atoms with Gasteiger partial charge in [0.1, 0.15) is 11.1 Å². The number of carbonyl (C=O) groups excluding carboxylic acids is 1. The van der Waals surface area contributed by atoms with E-state index < -0.39 is 0 Å². The second-order valence-corrected chi connectivity index (χ2v) is 11.6. The van der Waals surface area contributed by atoms with Gasteiger partial charge in [0.15, 0.2) is 11.0 Å². The lowest BCUT2D eigenvalue weighted by atomic mass is 9.72. The molecule has 1 aromatic carbocycles. The van der Waals surface area contributed by atoms with Gasteiger partial charge in [-0.3, -0.25) is 9.36 Å². The number of thiophene rings is 1. The number of nitrogens with zero attached hydrogens (tertiary/aromatic N) is 4. The molecule has 3 aromatic rings. The molecule has 4 rings (SSSR count). The van der Waals surface area contributed by atoms with Crippen LogP contribution in [-0.4, -0.2) is 26.4 Å². The Balaban J connectivity index is 1.47. The Kier molecular flexibility index (Phi) is 7.24. The fraction of sp³-hybridized carbons (Fsp3) is 0.385. The van der Waals surface area contributed by atoms with E-state index in [2.05, 4.69) is 48.9 Å². The van der Waals surface area contributed by atoms with Crippen LogP contribution in [0.1, 0.15) is 43.2 Å². The van der Waals surface area contributed by atoms with Gasteiger partial charge >= 0.3 is 0 Å². The van der Waals surface area contributed by atoms with Crippen LogP contribution in [0.2, 0.25) is 0 Å². The number of hydrogen-bond acceptors (Lipinski definition) is 6. The summed E-state index contributed by atoms with van der Waals surface area (Å²) in [5.74, 6) is 1.36. The van der Waals surface area contributed by atoms with Crippen LogP contribution in [-0.2, 0) is 24.2 Å². The zero-order chi connectivity index (χ0) is 24.3. The van der Waals surface area contributed by atoms with Gasteiger partial charge in [0, 0.05) is 17.0 Å². The molecule has 34 heavy (non-hydrogen) atoms. The number of amides is 1. The number of allylic oxidation sites excluding steroid dienone is 1. The van der Waals surface area contributed by atoms with Crippen LogP contribution in [0.4, 0.5) is 5.00 Å². The van der Waals surface area contributed by atoms with Crippen molar-refractivity contribution in [2.45, 2.75) is 51.7 Å². The SMILES string of the molecule is C=CCn1c(SCC(=O)Nc2sc3c(c2C#N)CC[C@H](C(C)(C)C)C3)nnc1-c1ccccc1. The van der Waals surface area contributed by atoms with Gasteiger partial charge in [-0.25, -0.2) is 0 Å². The van der Waals surface area contributed by atoms with Crippen molar-refractivity contribution in [2.24, 2.45) is 11.3 Å². The first-order chi connectivity index (χ1) is 16.3. The molecule has 1 aliphatic rings. The van der Waals surface area contributed by atoms with E-state index in [9.17, 15) is 10.1 Å². The van der Waals surface area contributed by atoms with Gasteiger partial charge in [0.05, 0.1) is 11.3 Å². The summed E-state index contributed by atoms with van der Waals surface area (Å²) in [6.45, 7) is 11.2. The molecule has 0 saturated heterocycles. The predicted molar refractivity (Wildman–Crippen MR) is 139 cm³/mol. The molecule has 0 spiro atoms. The summed E-state index contributed by atoms with van der Waals surface area (Å²) in [4.78, 5) is 14.1. The third-order valence-corrected chi connectivity index (χ3v) is 8.38. The largest absolute Gasteiger partial charge is 0.316 e. The fourth-order valence-corrected chi connectivity index (χ4v) is 6.36. The maximum absolute atomic E-state index is 12.8. The average Bonchev–Trinajstić information content (AvgIpc) is 3.37. The zero-order valence-electron chi connectivity index (χ0n) is 19.8. The Bertz CT molecular complexity index is 1230. The van der Waals surface area contributed by atoms with Crippen molar-refractivity contribution in [2.75, 3.05) is 11.1 Å². The topological polar surface area (TPSA) is 83.6 Å². The van der Waals surface area contributed by atoms with E-state index in [0.29, 0.717) is 28.2 Å². The minimum atomic E-state index is -0.151. The Hall–Kier alpha value is -2.89. The van der Waals surface area contributed by atoms with Crippen molar-refractivity contribution in [3.8, 4) is 17.5 Å². The molecule has 1 atom stereocenters. The van der Waals surface area contributed by atoms with E-state index in [1.807, 2.05) is 34.9 Å². The zero-order valence-corrected chi connectivity index (χ0v) is 21.4. The van der Waals surface area contributed by atoms with Crippen LogP contribution in [0.3, 0.4) is 0 Å². The highest BCUT2D eigenvalue weighted by Gasteiger charge is 2.32. The summed E-state index contributed by atoms with van der Waals surface area (Å²) in [5, 5.41) is 22.8. The predicted octanol–water partition coefficient (Wildman–Crippen LogP) is 5.95. The van der Waals surface area contributed by atoms with Crippen LogP contribution >= 0.6 is 23.1 Å². The number of thioether (sulfide) groups is 1. The maximum Gasteiger partial charge on any atom is 0.235 e. The lowest BCUT2D eigenvalue weighted by Crippen LogP contribution is -2.26. The van der Waals surface area contributed by atoms with Crippen LogP contribution < -0.4 is 5.32 Å². The van der Waals surface area contributed by atoms with Crippen LogP contribution in [0, 0.1) is 22.7 Å². The lowest BCUT2D eigenvalue weighted by Gasteiger charge is -2.33. The molecule has 2 heterocycles. The van der Waals surface area contributed by atoms with Crippen LogP contribution in [0.25, 0.3) is 11.4 Å². The van der Waals surface area contributed by atoms with Gasteiger partial charge in [-0.2, -0.15) is 5.26 Å². The van der Waals surface area contributed by atoms with E-state index in [1.54, 1.807) is 17.4 Å². The monoisotopic (exact) mass is 491 g/mol. The third-order valence-electron chi connectivity index (χ3n) is 6.25. The molecule has 1 aliphatic carbocycles. The van der Waals surface area contributed by atoms with Gasteiger partial charge in [-0.1, -0.05) is 68.9 Å². The summed E-state index contributed by atoms with van der Waals surface area (Å²) in [6.07, 6.45) is 4.73. The molecule has 8 heteroatoms. The molecule has 6 nitrogen and oxygen atoms in total. The van der Waals surface area contributed by atoms with E-state index >= 15 is 0 Å². The number of anilines is 1. The molecular weight excluding hydrogens is 462 g/mol. The highest BCUT2D eigenvalue weighted by molar-refractivity contribution is 7.99. The lowest BCUT2D eigenvalue weighted by molar-refractivity contribution is -0.113. The minimum Gasteiger partial charge on any atom is -0.316 e. The Morgan fingerprint density at radius 2 is 2.12 bits per heavy atom. The first-order valence-corrected chi connectivity index (χ1v) is 13.2. The molecule has 1 N–H and O–H groups in total. The van der Waals surface area contributed by atoms with Crippen LogP contribution in [0.5, 0.6) is 0 Å². The van der Waals surface area contributed by atoms with Gasteiger partial charge in [-0.15, -0.1) is 28.1 Å². The molecule has 0 saturated carbocycles. The maximum atomic E-state index is 12.8. The molecule has 0 unspecified atom stereocenters. The van der Waals surface area contributed by atoms with E-state index in [0.717, 1.165) is 36.2 Å². The number of aromatic nitrogens is 3. The Morgan fingerprint density at radius 1 is 1.35 bits per heavy atom. The Morgan fingerprint density at radius 3 is 2.79 bits per heavy atom. The summed E-state index contributed by atoms with van der Waals surface area (Å²) in [6, 6.07) is 12.2. The normalized spacial score (nSPS) is 15.4. The summed E-state index contributed by atoms with van der Waals surface area (Å²) in [7, 11) is 0. The highest BCUT2D eigenvalue weighted by atomic mass is 32.2. The number of benzene rings is 1. The van der Waals surface area contributed by atoms with Gasteiger partial charge in [-0.05, 0) is 36.2 Å². The third kappa shape index (κ3) is 5.11.